The molecule has 0 unspecified atom stereocenters. The number of aryl methyl sites for hydroxylation is 1. The van der Waals surface area contributed by atoms with Gasteiger partial charge in [0.15, 0.2) is 5.41 Å². The average molecular weight is 418 g/mol. The Morgan fingerprint density at radius 2 is 1.54 bits per heavy atom. The second kappa shape index (κ2) is 6.83. The van der Waals surface area contributed by atoms with Crippen molar-refractivity contribution in [1.29, 1.82) is 0 Å². The van der Waals surface area contributed by atoms with Gasteiger partial charge in [-0.3, -0.25) is 14.6 Å². The molecule has 26 heavy (non-hydrogen) atoms. The van der Waals surface area contributed by atoms with Gasteiger partial charge in [0.25, 0.3) is 0 Å². The monoisotopic (exact) mass is 417 g/mol. The molecular weight excluding hydrogens is 398 g/mol. The normalized spacial score (nSPS) is 14.7. The van der Waals surface area contributed by atoms with Gasteiger partial charge in [-0.1, -0.05) is 28.1 Å². The van der Waals surface area contributed by atoms with Gasteiger partial charge in [-0.2, -0.15) is 0 Å². The minimum Gasteiger partial charge on any atom is -0.468 e. The smallest absolute Gasteiger partial charge is 0.323 e. The van der Waals surface area contributed by atoms with Crippen molar-refractivity contribution in [2.75, 3.05) is 14.2 Å². The molecule has 1 heterocycles. The van der Waals surface area contributed by atoms with E-state index < -0.39 is 17.4 Å². The largest absolute Gasteiger partial charge is 0.468 e. The molecule has 2 aromatic rings. The third kappa shape index (κ3) is 2.82. The van der Waals surface area contributed by atoms with Gasteiger partial charge in [-0.05, 0) is 42.7 Å². The Morgan fingerprint density at radius 3 is 2.08 bits per heavy atom. The van der Waals surface area contributed by atoms with Crippen molar-refractivity contribution in [3.05, 3.63) is 51.1 Å². The third-order valence-electron chi connectivity index (χ3n) is 5.12. The molecule has 0 radical (unpaired) electrons. The van der Waals surface area contributed by atoms with Crippen molar-refractivity contribution in [1.82, 2.24) is 4.98 Å². The van der Waals surface area contributed by atoms with Gasteiger partial charge in [-0.15, -0.1) is 0 Å². The summed E-state index contributed by atoms with van der Waals surface area (Å²) in [5.74, 6) is -1.13. The van der Waals surface area contributed by atoms with E-state index in [1.165, 1.54) is 14.2 Å². The molecule has 0 saturated heterocycles. The van der Waals surface area contributed by atoms with Crippen molar-refractivity contribution < 1.29 is 19.1 Å². The Labute approximate surface area is 160 Å². The molecule has 136 valence electrons. The van der Waals surface area contributed by atoms with Crippen LogP contribution in [0.25, 0.3) is 11.3 Å². The summed E-state index contributed by atoms with van der Waals surface area (Å²) in [5.41, 5.74) is 4.22. The van der Waals surface area contributed by atoms with E-state index in [4.69, 9.17) is 14.5 Å². The van der Waals surface area contributed by atoms with Crippen LogP contribution in [0.3, 0.4) is 0 Å². The predicted molar refractivity (Wildman–Crippen MR) is 101 cm³/mol. The van der Waals surface area contributed by atoms with Crippen LogP contribution in [0.2, 0.25) is 0 Å². The fraction of sp³-hybridized carbons (Fsp3) is 0.350. The maximum absolute atomic E-state index is 12.5. The standard InChI is InChI=1S/C20H20BrNO4/c1-11-15-9-20(18(23)25-3,19(24)26-4)10-16(15)12(2)22-17(11)13-5-7-14(21)8-6-13/h5-8H,9-10H2,1-4H3. The molecule has 1 aromatic heterocycles. The predicted octanol–water partition coefficient (Wildman–Crippen LogP) is 3.56. The quantitative estimate of drug-likeness (QED) is 0.564. The first-order valence-electron chi connectivity index (χ1n) is 8.25. The minimum absolute atomic E-state index is 0.252. The van der Waals surface area contributed by atoms with Crippen LogP contribution < -0.4 is 0 Å². The van der Waals surface area contributed by atoms with E-state index in [1.54, 1.807) is 0 Å². The summed E-state index contributed by atoms with van der Waals surface area (Å²) >= 11 is 3.44. The molecule has 0 aliphatic heterocycles. The van der Waals surface area contributed by atoms with Gasteiger partial charge in [-0.25, -0.2) is 0 Å². The number of ether oxygens (including phenoxy) is 2. The number of carbonyl (C=O) groups excluding carboxylic acids is 2. The summed E-state index contributed by atoms with van der Waals surface area (Å²) in [6.45, 7) is 3.89. The molecule has 6 heteroatoms. The lowest BCUT2D eigenvalue weighted by molar-refractivity contribution is -0.168. The number of carbonyl (C=O) groups is 2. The van der Waals surface area contributed by atoms with E-state index in [2.05, 4.69) is 15.9 Å². The summed E-state index contributed by atoms with van der Waals surface area (Å²) in [7, 11) is 2.59. The molecule has 0 N–H and O–H groups in total. The van der Waals surface area contributed by atoms with Gasteiger partial charge in [0.05, 0.1) is 19.9 Å². The molecule has 3 rings (SSSR count). The van der Waals surface area contributed by atoms with E-state index in [9.17, 15) is 9.59 Å². The van der Waals surface area contributed by atoms with Crippen molar-refractivity contribution in [3.8, 4) is 11.3 Å². The molecule has 0 fully saturated rings. The lowest BCUT2D eigenvalue weighted by Crippen LogP contribution is -2.42. The van der Waals surface area contributed by atoms with Gasteiger partial charge in [0, 0.05) is 28.6 Å². The highest BCUT2D eigenvalue weighted by molar-refractivity contribution is 9.10. The molecule has 0 amide bonds. The Balaban J connectivity index is 2.14. The number of fused-ring (bicyclic) bond motifs is 1. The zero-order valence-electron chi connectivity index (χ0n) is 15.2. The van der Waals surface area contributed by atoms with Gasteiger partial charge >= 0.3 is 11.9 Å². The molecule has 1 aliphatic carbocycles. The molecule has 1 aliphatic rings. The molecule has 0 saturated carbocycles. The minimum atomic E-state index is -1.33. The molecular formula is C20H20BrNO4. The van der Waals surface area contributed by atoms with Crippen LogP contribution in [0.15, 0.2) is 28.7 Å². The fourth-order valence-corrected chi connectivity index (χ4v) is 3.96. The van der Waals surface area contributed by atoms with Crippen LogP contribution >= 0.6 is 15.9 Å². The highest BCUT2D eigenvalue weighted by Gasteiger charge is 2.53. The van der Waals surface area contributed by atoms with Crippen LogP contribution in [-0.4, -0.2) is 31.1 Å². The number of benzene rings is 1. The summed E-state index contributed by atoms with van der Waals surface area (Å²) in [4.78, 5) is 29.7. The maximum Gasteiger partial charge on any atom is 0.323 e. The lowest BCUT2D eigenvalue weighted by Gasteiger charge is -2.22. The van der Waals surface area contributed by atoms with Crippen LogP contribution in [0.4, 0.5) is 0 Å². The fourth-order valence-electron chi connectivity index (χ4n) is 3.70. The maximum atomic E-state index is 12.5. The Morgan fingerprint density at radius 1 is 1.00 bits per heavy atom. The number of halogens is 1. The summed E-state index contributed by atoms with van der Waals surface area (Å²) in [5, 5.41) is 0. The molecule has 1 aromatic carbocycles. The number of nitrogens with zero attached hydrogens (tertiary/aromatic N) is 1. The number of rotatable bonds is 3. The average Bonchev–Trinajstić information content (AvgIpc) is 3.07. The Bertz CT molecular complexity index is 874. The first-order valence-corrected chi connectivity index (χ1v) is 9.05. The van der Waals surface area contributed by atoms with Gasteiger partial charge < -0.3 is 9.47 Å². The topological polar surface area (TPSA) is 65.5 Å². The highest BCUT2D eigenvalue weighted by atomic mass is 79.9. The SMILES string of the molecule is COC(=O)C1(C(=O)OC)Cc2c(C)nc(-c3ccc(Br)cc3)c(C)c2C1. The molecule has 0 spiro atoms. The van der Waals surface area contributed by atoms with Crippen LogP contribution in [0.1, 0.15) is 22.4 Å². The summed E-state index contributed by atoms with van der Waals surface area (Å²) < 4.78 is 10.9. The van der Waals surface area contributed by atoms with Crippen molar-refractivity contribution in [3.63, 3.8) is 0 Å². The van der Waals surface area contributed by atoms with E-state index in [-0.39, 0.29) is 12.8 Å². The van der Waals surface area contributed by atoms with Crippen LogP contribution in [-0.2, 0) is 31.9 Å². The number of hydrogen-bond acceptors (Lipinski definition) is 5. The van der Waals surface area contributed by atoms with Gasteiger partial charge in [0.1, 0.15) is 0 Å². The van der Waals surface area contributed by atoms with Crippen LogP contribution in [0, 0.1) is 19.3 Å². The Kier molecular flexibility index (Phi) is 4.88. The summed E-state index contributed by atoms with van der Waals surface area (Å²) in [6.07, 6.45) is 0.516. The zero-order chi connectivity index (χ0) is 19.1. The van der Waals surface area contributed by atoms with Crippen molar-refractivity contribution >= 4 is 27.9 Å². The van der Waals surface area contributed by atoms with E-state index in [0.717, 1.165) is 38.1 Å². The van der Waals surface area contributed by atoms with Gasteiger partial charge in [0.2, 0.25) is 0 Å². The zero-order valence-corrected chi connectivity index (χ0v) is 16.8. The molecule has 5 nitrogen and oxygen atoms in total. The van der Waals surface area contributed by atoms with Crippen molar-refractivity contribution in [2.24, 2.45) is 5.41 Å². The van der Waals surface area contributed by atoms with E-state index in [0.29, 0.717) is 0 Å². The summed E-state index contributed by atoms with van der Waals surface area (Å²) in [6, 6.07) is 7.92. The molecule has 0 atom stereocenters. The number of hydrogen-bond donors (Lipinski definition) is 0. The van der Waals surface area contributed by atoms with Crippen LogP contribution in [0.5, 0.6) is 0 Å². The second-order valence-corrected chi connectivity index (χ2v) is 7.47. The van der Waals surface area contributed by atoms with E-state index in [1.807, 2.05) is 38.1 Å². The third-order valence-corrected chi connectivity index (χ3v) is 5.64. The number of pyridine rings is 1. The number of aromatic nitrogens is 1. The highest BCUT2D eigenvalue weighted by Crippen LogP contribution is 2.43. The second-order valence-electron chi connectivity index (χ2n) is 6.55. The number of esters is 2. The molecule has 0 bridgehead atoms. The first kappa shape index (κ1) is 18.6. The van der Waals surface area contributed by atoms with E-state index >= 15 is 0 Å². The van der Waals surface area contributed by atoms with Crippen molar-refractivity contribution in [2.45, 2.75) is 26.7 Å². The number of methoxy groups -OCH3 is 2. The lowest BCUT2D eigenvalue weighted by atomic mass is 9.84. The first-order chi connectivity index (χ1) is 12.3. The Hall–Kier alpha value is -2.21.